The Morgan fingerprint density at radius 3 is 2.29 bits per heavy atom. The zero-order valence-corrected chi connectivity index (χ0v) is 23.3. The topological polar surface area (TPSA) is 94.3 Å². The number of amides is 1. The van der Waals surface area contributed by atoms with Gasteiger partial charge in [-0.05, 0) is 77.9 Å². The van der Waals surface area contributed by atoms with Gasteiger partial charge in [0, 0.05) is 12.1 Å². The smallest absolute Gasteiger partial charge is 0.269 e. The van der Waals surface area contributed by atoms with Crippen molar-refractivity contribution < 1.29 is 19.2 Å². The first-order valence-electron chi connectivity index (χ1n) is 12.9. The summed E-state index contributed by atoms with van der Waals surface area (Å²) >= 11 is 1.34. The molecular formula is C32H27N3O5S. The van der Waals surface area contributed by atoms with Gasteiger partial charge in [-0.3, -0.25) is 19.8 Å². The maximum Gasteiger partial charge on any atom is 0.269 e. The minimum absolute atomic E-state index is 0.0248. The van der Waals surface area contributed by atoms with Gasteiger partial charge in [-0.2, -0.15) is 0 Å². The van der Waals surface area contributed by atoms with Crippen molar-refractivity contribution in [1.29, 1.82) is 0 Å². The zero-order chi connectivity index (χ0) is 28.8. The average Bonchev–Trinajstić information content (AvgIpc) is 3.30. The van der Waals surface area contributed by atoms with Gasteiger partial charge in [0.05, 0.1) is 28.7 Å². The summed E-state index contributed by atoms with van der Waals surface area (Å²) < 4.78 is 11.5. The van der Waals surface area contributed by atoms with E-state index in [1.807, 2.05) is 85.8 Å². The van der Waals surface area contributed by atoms with Crippen LogP contribution in [0.5, 0.6) is 11.5 Å². The molecule has 1 saturated heterocycles. The van der Waals surface area contributed by atoms with Crippen molar-refractivity contribution in [3.05, 3.63) is 135 Å². The molecule has 1 aliphatic heterocycles. The third-order valence-electron chi connectivity index (χ3n) is 6.51. The lowest BCUT2D eigenvalue weighted by molar-refractivity contribution is -0.384. The molecular weight excluding hydrogens is 538 g/mol. The number of carbonyl (C=O) groups is 1. The fourth-order valence-electron chi connectivity index (χ4n) is 4.32. The van der Waals surface area contributed by atoms with Crippen LogP contribution in [0.2, 0.25) is 0 Å². The molecule has 1 amide bonds. The summed E-state index contributed by atoms with van der Waals surface area (Å²) in [6, 6.07) is 30.9. The number of aliphatic imine (C=N–C) groups is 1. The Morgan fingerprint density at radius 1 is 0.951 bits per heavy atom. The molecule has 0 saturated carbocycles. The molecule has 41 heavy (non-hydrogen) atoms. The van der Waals surface area contributed by atoms with Crippen LogP contribution in [-0.4, -0.2) is 28.0 Å². The molecule has 5 rings (SSSR count). The molecule has 8 nitrogen and oxygen atoms in total. The van der Waals surface area contributed by atoms with Crippen molar-refractivity contribution >= 4 is 40.3 Å². The molecule has 0 spiro atoms. The molecule has 9 heteroatoms. The highest BCUT2D eigenvalue weighted by molar-refractivity contribution is 8.18. The van der Waals surface area contributed by atoms with Gasteiger partial charge in [-0.25, -0.2) is 4.99 Å². The van der Waals surface area contributed by atoms with Crippen LogP contribution in [0.1, 0.15) is 29.7 Å². The molecule has 206 valence electrons. The Morgan fingerprint density at radius 2 is 1.63 bits per heavy atom. The van der Waals surface area contributed by atoms with Gasteiger partial charge in [0.15, 0.2) is 16.7 Å². The monoisotopic (exact) mass is 565 g/mol. The lowest BCUT2D eigenvalue weighted by Gasteiger charge is -2.24. The molecule has 1 heterocycles. The number of rotatable bonds is 9. The van der Waals surface area contributed by atoms with E-state index >= 15 is 0 Å². The number of non-ortho nitro benzene ring substituents is 1. The van der Waals surface area contributed by atoms with Gasteiger partial charge in [-0.1, -0.05) is 54.6 Å². The van der Waals surface area contributed by atoms with Crippen molar-refractivity contribution in [2.75, 3.05) is 7.11 Å². The van der Waals surface area contributed by atoms with Crippen LogP contribution in [0.4, 0.5) is 11.4 Å². The number of ether oxygens (including phenoxy) is 2. The largest absolute Gasteiger partial charge is 0.493 e. The lowest BCUT2D eigenvalue weighted by atomic mass is 10.1. The first-order chi connectivity index (χ1) is 19.9. The highest BCUT2D eigenvalue weighted by atomic mass is 32.2. The fraction of sp³-hybridized carbons (Fsp3) is 0.125. The number of benzene rings is 4. The van der Waals surface area contributed by atoms with E-state index in [4.69, 9.17) is 14.5 Å². The van der Waals surface area contributed by atoms with Crippen molar-refractivity contribution in [3.63, 3.8) is 0 Å². The van der Waals surface area contributed by atoms with E-state index in [9.17, 15) is 14.9 Å². The van der Waals surface area contributed by atoms with E-state index in [0.717, 1.165) is 22.4 Å². The molecule has 1 fully saturated rings. The molecule has 0 aromatic heterocycles. The summed E-state index contributed by atoms with van der Waals surface area (Å²) in [4.78, 5) is 31.3. The minimum Gasteiger partial charge on any atom is -0.493 e. The highest BCUT2D eigenvalue weighted by Crippen LogP contribution is 2.40. The number of hydrogen-bond acceptors (Lipinski definition) is 7. The second-order valence-electron chi connectivity index (χ2n) is 9.22. The Hall–Kier alpha value is -4.89. The summed E-state index contributed by atoms with van der Waals surface area (Å²) in [5.74, 6) is 0.895. The second-order valence-corrected chi connectivity index (χ2v) is 10.2. The van der Waals surface area contributed by atoms with Gasteiger partial charge >= 0.3 is 0 Å². The van der Waals surface area contributed by atoms with Gasteiger partial charge in [0.2, 0.25) is 0 Å². The van der Waals surface area contributed by atoms with Crippen LogP contribution in [0.15, 0.2) is 113 Å². The van der Waals surface area contributed by atoms with Crippen LogP contribution in [0.25, 0.3) is 6.08 Å². The van der Waals surface area contributed by atoms with Crippen molar-refractivity contribution in [2.45, 2.75) is 19.6 Å². The van der Waals surface area contributed by atoms with Crippen molar-refractivity contribution in [2.24, 2.45) is 4.99 Å². The molecule has 0 bridgehead atoms. The number of thioether (sulfide) groups is 1. The Bertz CT molecular complexity index is 1610. The van der Waals surface area contributed by atoms with E-state index in [0.29, 0.717) is 21.6 Å². The Labute approximate surface area is 242 Å². The van der Waals surface area contributed by atoms with Crippen LogP contribution in [0, 0.1) is 10.1 Å². The zero-order valence-electron chi connectivity index (χ0n) is 22.5. The Kier molecular flexibility index (Phi) is 8.45. The molecule has 0 radical (unpaired) electrons. The molecule has 1 aliphatic rings. The standard InChI is InChI=1S/C32H27N3O5S/c1-22(25-9-5-3-6-10-25)34-31(36)30(41-32(34)33-26-11-7-4-8-12-26)20-24-15-18-28(29(19-24)39-2)40-21-23-13-16-27(17-14-23)35(37)38/h3-20,22H,21H2,1-2H3/b30-20+,33-32?/t22-/m1/s1. The van der Waals surface area contributed by atoms with Gasteiger partial charge < -0.3 is 9.47 Å². The average molecular weight is 566 g/mol. The molecule has 0 N–H and O–H groups in total. The quantitative estimate of drug-likeness (QED) is 0.118. The van der Waals surface area contributed by atoms with Gasteiger partial charge in [0.25, 0.3) is 11.6 Å². The number of nitro groups is 1. The maximum atomic E-state index is 13.7. The predicted molar refractivity (Wildman–Crippen MR) is 161 cm³/mol. The van der Waals surface area contributed by atoms with Crippen molar-refractivity contribution in [3.8, 4) is 11.5 Å². The molecule has 0 unspecified atom stereocenters. The number of hydrogen-bond donors (Lipinski definition) is 0. The number of para-hydroxylation sites is 1. The third kappa shape index (κ3) is 6.47. The van der Waals surface area contributed by atoms with Crippen molar-refractivity contribution in [1.82, 2.24) is 4.90 Å². The predicted octanol–water partition coefficient (Wildman–Crippen LogP) is 7.55. The number of nitrogens with zero attached hydrogens (tertiary/aromatic N) is 3. The molecule has 4 aromatic rings. The number of amidine groups is 1. The highest BCUT2D eigenvalue weighted by Gasteiger charge is 2.37. The van der Waals surface area contributed by atoms with Gasteiger partial charge in [-0.15, -0.1) is 0 Å². The normalized spacial score (nSPS) is 15.8. The molecule has 4 aromatic carbocycles. The van der Waals surface area contributed by atoms with E-state index in [1.165, 1.54) is 23.9 Å². The summed E-state index contributed by atoms with van der Waals surface area (Å²) in [6.07, 6.45) is 1.83. The third-order valence-corrected chi connectivity index (χ3v) is 7.50. The second kappa shape index (κ2) is 12.5. The van der Waals surface area contributed by atoms with E-state index in [-0.39, 0.29) is 24.2 Å². The van der Waals surface area contributed by atoms with Crippen LogP contribution in [-0.2, 0) is 11.4 Å². The fourth-order valence-corrected chi connectivity index (χ4v) is 5.39. The molecule has 1 atom stereocenters. The first kappa shape index (κ1) is 27.7. The van der Waals surface area contributed by atoms with Crippen LogP contribution < -0.4 is 9.47 Å². The maximum absolute atomic E-state index is 13.7. The summed E-state index contributed by atoms with van der Waals surface area (Å²) in [7, 11) is 1.55. The number of nitro benzene ring substituents is 1. The van der Waals surface area contributed by atoms with Gasteiger partial charge in [0.1, 0.15) is 6.61 Å². The Balaban J connectivity index is 1.39. The van der Waals surface area contributed by atoms with Crippen LogP contribution in [0.3, 0.4) is 0 Å². The number of carbonyl (C=O) groups excluding carboxylic acids is 1. The van der Waals surface area contributed by atoms with E-state index in [1.54, 1.807) is 30.2 Å². The first-order valence-corrected chi connectivity index (χ1v) is 13.7. The summed E-state index contributed by atoms with van der Waals surface area (Å²) in [5.41, 5.74) is 3.37. The lowest BCUT2D eigenvalue weighted by Crippen LogP contribution is -2.32. The SMILES string of the molecule is COc1cc(/C=C2/SC(=Nc3ccccc3)N([C@H](C)c3ccccc3)C2=O)ccc1OCc1ccc([N+](=O)[O-])cc1. The molecule has 0 aliphatic carbocycles. The van der Waals surface area contributed by atoms with E-state index < -0.39 is 4.92 Å². The summed E-state index contributed by atoms with van der Waals surface area (Å²) in [6.45, 7) is 2.21. The van der Waals surface area contributed by atoms with E-state index in [2.05, 4.69) is 0 Å². The number of methoxy groups -OCH3 is 1. The minimum atomic E-state index is -0.438. The summed E-state index contributed by atoms with van der Waals surface area (Å²) in [5, 5.41) is 11.5. The van der Waals surface area contributed by atoms with Crippen LogP contribution >= 0.6 is 11.8 Å².